The SMILES string of the molecule is COc1cccc(-c2nnc(NCc3ccsc3)o2)c1OC. The lowest BCUT2D eigenvalue weighted by atomic mass is 10.2. The number of thiophene rings is 1. The summed E-state index contributed by atoms with van der Waals surface area (Å²) in [6.45, 7) is 0.639. The molecule has 6 nitrogen and oxygen atoms in total. The zero-order chi connectivity index (χ0) is 15.4. The molecule has 3 aromatic rings. The van der Waals surface area contributed by atoms with Gasteiger partial charge in [-0.1, -0.05) is 11.2 Å². The number of rotatable bonds is 6. The van der Waals surface area contributed by atoms with Gasteiger partial charge in [-0.15, -0.1) is 5.10 Å². The number of ether oxygens (including phenoxy) is 2. The maximum absolute atomic E-state index is 5.64. The molecule has 0 saturated heterocycles. The predicted octanol–water partition coefficient (Wildman–Crippen LogP) is 3.43. The summed E-state index contributed by atoms with van der Waals surface area (Å²) < 4.78 is 16.3. The standard InChI is InChI=1S/C15H15N3O3S/c1-19-12-5-3-4-11(13(12)20-2)14-17-18-15(21-14)16-8-10-6-7-22-9-10/h3-7,9H,8H2,1-2H3,(H,16,18). The third-order valence-electron chi connectivity index (χ3n) is 3.08. The highest BCUT2D eigenvalue weighted by molar-refractivity contribution is 7.07. The number of anilines is 1. The molecule has 0 aliphatic rings. The monoisotopic (exact) mass is 317 g/mol. The number of nitrogens with one attached hydrogen (secondary N) is 1. The van der Waals surface area contributed by atoms with E-state index in [1.54, 1.807) is 25.6 Å². The van der Waals surface area contributed by atoms with E-state index in [1.165, 1.54) is 5.56 Å². The van der Waals surface area contributed by atoms with E-state index in [1.807, 2.05) is 29.6 Å². The summed E-state index contributed by atoms with van der Waals surface area (Å²) in [7, 11) is 3.16. The van der Waals surface area contributed by atoms with Crippen molar-refractivity contribution >= 4 is 17.4 Å². The molecule has 0 atom stereocenters. The molecule has 114 valence electrons. The molecule has 0 saturated carbocycles. The van der Waals surface area contributed by atoms with Crippen LogP contribution in [-0.2, 0) is 6.54 Å². The fourth-order valence-corrected chi connectivity index (χ4v) is 2.70. The van der Waals surface area contributed by atoms with Crippen molar-refractivity contribution in [1.29, 1.82) is 0 Å². The van der Waals surface area contributed by atoms with Crippen LogP contribution in [0.3, 0.4) is 0 Å². The van der Waals surface area contributed by atoms with Crippen LogP contribution in [0.5, 0.6) is 11.5 Å². The van der Waals surface area contributed by atoms with Crippen molar-refractivity contribution in [3.63, 3.8) is 0 Å². The van der Waals surface area contributed by atoms with E-state index in [-0.39, 0.29) is 0 Å². The fourth-order valence-electron chi connectivity index (χ4n) is 2.03. The first-order valence-corrected chi connectivity index (χ1v) is 7.56. The van der Waals surface area contributed by atoms with Gasteiger partial charge < -0.3 is 19.2 Å². The predicted molar refractivity (Wildman–Crippen MR) is 84.5 cm³/mol. The number of hydrogen-bond donors (Lipinski definition) is 1. The Balaban J connectivity index is 1.81. The van der Waals surface area contributed by atoms with Crippen LogP contribution in [0.15, 0.2) is 39.4 Å². The lowest BCUT2D eigenvalue weighted by molar-refractivity contribution is 0.355. The maximum Gasteiger partial charge on any atom is 0.316 e. The van der Waals surface area contributed by atoms with Gasteiger partial charge in [0.05, 0.1) is 19.8 Å². The summed E-state index contributed by atoms with van der Waals surface area (Å²) in [5.74, 6) is 1.56. The molecule has 2 heterocycles. The normalized spacial score (nSPS) is 10.5. The van der Waals surface area contributed by atoms with Gasteiger partial charge >= 0.3 is 6.01 Å². The van der Waals surface area contributed by atoms with Gasteiger partial charge in [-0.3, -0.25) is 0 Å². The number of methoxy groups -OCH3 is 2. The highest BCUT2D eigenvalue weighted by Gasteiger charge is 2.16. The Kier molecular flexibility index (Phi) is 4.24. The average molecular weight is 317 g/mol. The largest absolute Gasteiger partial charge is 0.493 e. The molecule has 0 radical (unpaired) electrons. The van der Waals surface area contributed by atoms with Gasteiger partial charge in [0.1, 0.15) is 0 Å². The summed E-state index contributed by atoms with van der Waals surface area (Å²) in [6, 6.07) is 7.91. The van der Waals surface area contributed by atoms with Crippen molar-refractivity contribution in [3.05, 3.63) is 40.6 Å². The zero-order valence-corrected chi connectivity index (χ0v) is 13.0. The van der Waals surface area contributed by atoms with Crippen LogP contribution in [0.25, 0.3) is 11.5 Å². The number of hydrogen-bond acceptors (Lipinski definition) is 7. The van der Waals surface area contributed by atoms with E-state index in [0.717, 1.165) is 0 Å². The Bertz CT molecular complexity index is 740. The van der Waals surface area contributed by atoms with Gasteiger partial charge in [0.25, 0.3) is 5.89 Å². The number of nitrogens with zero attached hydrogens (tertiary/aromatic N) is 2. The Labute approximate surface area is 131 Å². The minimum atomic E-state index is 0.367. The van der Waals surface area contributed by atoms with Crippen LogP contribution < -0.4 is 14.8 Å². The van der Waals surface area contributed by atoms with Gasteiger partial charge in [-0.25, -0.2) is 0 Å². The van der Waals surface area contributed by atoms with Crippen molar-refractivity contribution in [2.75, 3.05) is 19.5 Å². The quantitative estimate of drug-likeness (QED) is 0.751. The molecular formula is C15H15N3O3S. The van der Waals surface area contributed by atoms with Gasteiger partial charge in [0.15, 0.2) is 11.5 Å². The third-order valence-corrected chi connectivity index (χ3v) is 3.81. The smallest absolute Gasteiger partial charge is 0.316 e. The average Bonchev–Trinajstić information content (AvgIpc) is 3.23. The molecule has 1 aromatic carbocycles. The minimum Gasteiger partial charge on any atom is -0.493 e. The molecule has 0 unspecified atom stereocenters. The van der Waals surface area contributed by atoms with Gasteiger partial charge in [-0.05, 0) is 34.5 Å². The third kappa shape index (κ3) is 2.89. The van der Waals surface area contributed by atoms with Crippen molar-refractivity contribution in [2.24, 2.45) is 0 Å². The van der Waals surface area contributed by atoms with Crippen molar-refractivity contribution in [1.82, 2.24) is 10.2 Å². The van der Waals surface area contributed by atoms with E-state index >= 15 is 0 Å². The first-order chi connectivity index (χ1) is 10.8. The summed E-state index contributed by atoms with van der Waals surface area (Å²) in [5, 5.41) is 15.2. The topological polar surface area (TPSA) is 69.4 Å². The Hall–Kier alpha value is -2.54. The summed E-state index contributed by atoms with van der Waals surface area (Å²) >= 11 is 1.65. The van der Waals surface area contributed by atoms with Crippen LogP contribution in [-0.4, -0.2) is 24.4 Å². The Morgan fingerprint density at radius 3 is 2.82 bits per heavy atom. The van der Waals surface area contributed by atoms with Gasteiger partial charge in [0.2, 0.25) is 0 Å². The summed E-state index contributed by atoms with van der Waals surface area (Å²) in [4.78, 5) is 0. The molecule has 2 aromatic heterocycles. The molecular weight excluding hydrogens is 302 g/mol. The molecule has 0 aliphatic heterocycles. The molecule has 0 amide bonds. The van der Waals surface area contributed by atoms with Crippen LogP contribution in [0.4, 0.5) is 6.01 Å². The van der Waals surface area contributed by atoms with E-state index in [2.05, 4.69) is 20.9 Å². The molecule has 0 bridgehead atoms. The molecule has 22 heavy (non-hydrogen) atoms. The second-order valence-corrected chi connectivity index (χ2v) is 5.22. The lowest BCUT2D eigenvalue weighted by Gasteiger charge is -2.09. The first kappa shape index (κ1) is 14.4. The maximum atomic E-state index is 5.64. The van der Waals surface area contributed by atoms with E-state index in [9.17, 15) is 0 Å². The number of benzene rings is 1. The number of aromatic nitrogens is 2. The second kappa shape index (κ2) is 6.48. The Morgan fingerprint density at radius 1 is 1.18 bits per heavy atom. The first-order valence-electron chi connectivity index (χ1n) is 6.61. The van der Waals surface area contributed by atoms with E-state index in [0.29, 0.717) is 35.5 Å². The molecule has 3 rings (SSSR count). The molecule has 1 N–H and O–H groups in total. The van der Waals surface area contributed by atoms with Crippen molar-refractivity contribution < 1.29 is 13.9 Å². The lowest BCUT2D eigenvalue weighted by Crippen LogP contribution is -1.97. The number of para-hydroxylation sites is 1. The van der Waals surface area contributed by atoms with Gasteiger partial charge in [-0.2, -0.15) is 11.3 Å². The molecule has 0 fully saturated rings. The van der Waals surface area contributed by atoms with Crippen molar-refractivity contribution in [3.8, 4) is 23.0 Å². The Morgan fingerprint density at radius 2 is 2.09 bits per heavy atom. The zero-order valence-electron chi connectivity index (χ0n) is 12.2. The van der Waals surface area contributed by atoms with Crippen LogP contribution in [0.2, 0.25) is 0 Å². The fraction of sp³-hybridized carbons (Fsp3) is 0.200. The highest BCUT2D eigenvalue weighted by Crippen LogP contribution is 2.37. The highest BCUT2D eigenvalue weighted by atomic mass is 32.1. The van der Waals surface area contributed by atoms with E-state index < -0.39 is 0 Å². The van der Waals surface area contributed by atoms with E-state index in [4.69, 9.17) is 13.9 Å². The van der Waals surface area contributed by atoms with Crippen LogP contribution in [0.1, 0.15) is 5.56 Å². The molecule has 0 aliphatic carbocycles. The summed E-state index contributed by atoms with van der Waals surface area (Å²) in [6.07, 6.45) is 0. The van der Waals surface area contributed by atoms with Crippen molar-refractivity contribution in [2.45, 2.75) is 6.54 Å². The van der Waals surface area contributed by atoms with Crippen LogP contribution in [0, 0.1) is 0 Å². The molecule has 7 heteroatoms. The second-order valence-electron chi connectivity index (χ2n) is 4.44. The van der Waals surface area contributed by atoms with Crippen LogP contribution >= 0.6 is 11.3 Å². The molecule has 0 spiro atoms. The summed E-state index contributed by atoms with van der Waals surface area (Å²) in [5.41, 5.74) is 1.86. The van der Waals surface area contributed by atoms with Gasteiger partial charge in [0, 0.05) is 6.54 Å². The minimum absolute atomic E-state index is 0.367.